The molecule has 2 rings (SSSR count). The van der Waals surface area contributed by atoms with E-state index in [-0.39, 0.29) is 5.82 Å². The van der Waals surface area contributed by atoms with Gasteiger partial charge in [0.1, 0.15) is 5.82 Å². The lowest BCUT2D eigenvalue weighted by molar-refractivity contribution is 0.127. The molecule has 1 atom stereocenters. The van der Waals surface area contributed by atoms with Crippen LogP contribution in [0, 0.1) is 5.82 Å². The molecule has 0 saturated heterocycles. The van der Waals surface area contributed by atoms with Crippen LogP contribution in [0.25, 0.3) is 0 Å². The van der Waals surface area contributed by atoms with Crippen molar-refractivity contribution in [2.24, 2.45) is 0 Å². The van der Waals surface area contributed by atoms with Gasteiger partial charge in [-0.05, 0) is 43.5 Å². The van der Waals surface area contributed by atoms with Gasteiger partial charge in [-0.25, -0.2) is 4.39 Å². The van der Waals surface area contributed by atoms with Crippen LogP contribution < -0.4 is 0 Å². The molecule has 0 heterocycles. The summed E-state index contributed by atoms with van der Waals surface area (Å²) in [5, 5.41) is 10.3. The van der Waals surface area contributed by atoms with Gasteiger partial charge in [0, 0.05) is 19.1 Å². The molecule has 3 heteroatoms. The van der Waals surface area contributed by atoms with E-state index in [0.717, 1.165) is 18.7 Å². The van der Waals surface area contributed by atoms with E-state index in [1.165, 1.54) is 17.7 Å². The van der Waals surface area contributed by atoms with E-state index in [1.54, 1.807) is 12.1 Å². The number of halogens is 1. The Hall–Kier alpha value is -1.71. The van der Waals surface area contributed by atoms with Crippen molar-refractivity contribution >= 4 is 0 Å². The molecule has 0 aliphatic heterocycles. The van der Waals surface area contributed by atoms with E-state index < -0.39 is 6.10 Å². The number of rotatable bonds is 7. The van der Waals surface area contributed by atoms with E-state index in [9.17, 15) is 9.50 Å². The van der Waals surface area contributed by atoms with Crippen LogP contribution in [0.3, 0.4) is 0 Å². The van der Waals surface area contributed by atoms with Crippen molar-refractivity contribution in [3.8, 4) is 0 Å². The van der Waals surface area contributed by atoms with Crippen LogP contribution in [0.2, 0.25) is 0 Å². The highest BCUT2D eigenvalue weighted by Gasteiger charge is 2.14. The summed E-state index contributed by atoms with van der Waals surface area (Å²) < 4.78 is 12.9. The summed E-state index contributed by atoms with van der Waals surface area (Å²) >= 11 is 0. The number of aliphatic hydroxyl groups excluding tert-OH is 1. The van der Waals surface area contributed by atoms with E-state index >= 15 is 0 Å². The fourth-order valence-electron chi connectivity index (χ4n) is 2.48. The van der Waals surface area contributed by atoms with E-state index in [0.29, 0.717) is 12.5 Å². The third kappa shape index (κ3) is 4.93. The summed E-state index contributed by atoms with van der Waals surface area (Å²) in [6.07, 6.45) is 0.0778. The lowest BCUT2D eigenvalue weighted by atomic mass is 10.1. The van der Waals surface area contributed by atoms with E-state index in [1.807, 2.05) is 18.2 Å². The van der Waals surface area contributed by atoms with Gasteiger partial charge in [0.15, 0.2) is 0 Å². The maximum atomic E-state index is 12.9. The minimum Gasteiger partial charge on any atom is -0.388 e. The van der Waals surface area contributed by atoms with Crippen LogP contribution in [0.15, 0.2) is 54.6 Å². The summed E-state index contributed by atoms with van der Waals surface area (Å²) in [6, 6.07) is 16.8. The molecular formula is C19H24FNO. The fourth-order valence-corrected chi connectivity index (χ4v) is 2.48. The Morgan fingerprint density at radius 2 is 1.64 bits per heavy atom. The number of benzene rings is 2. The zero-order chi connectivity index (χ0) is 15.9. The average Bonchev–Trinajstić information content (AvgIpc) is 2.52. The Morgan fingerprint density at radius 1 is 1.00 bits per heavy atom. The van der Waals surface area contributed by atoms with Gasteiger partial charge in [-0.15, -0.1) is 0 Å². The van der Waals surface area contributed by atoms with Gasteiger partial charge in [-0.3, -0.25) is 4.90 Å². The average molecular weight is 301 g/mol. The monoisotopic (exact) mass is 301 g/mol. The van der Waals surface area contributed by atoms with Crippen LogP contribution in [0.1, 0.15) is 37.5 Å². The summed E-state index contributed by atoms with van der Waals surface area (Å²) in [5.41, 5.74) is 2.04. The van der Waals surface area contributed by atoms with Crippen molar-refractivity contribution in [1.82, 2.24) is 4.90 Å². The second kappa shape index (κ2) is 8.06. The quantitative estimate of drug-likeness (QED) is 0.830. The Morgan fingerprint density at radius 3 is 2.23 bits per heavy atom. The van der Waals surface area contributed by atoms with Gasteiger partial charge >= 0.3 is 0 Å². The molecule has 2 aromatic rings. The minimum absolute atomic E-state index is 0.274. The molecule has 0 aliphatic carbocycles. The number of hydrogen-bond donors (Lipinski definition) is 1. The number of hydrogen-bond acceptors (Lipinski definition) is 2. The molecule has 0 saturated carbocycles. The lowest BCUT2D eigenvalue weighted by Crippen LogP contribution is -2.32. The topological polar surface area (TPSA) is 23.5 Å². The first-order chi connectivity index (χ1) is 10.6. The maximum absolute atomic E-state index is 12.9. The third-order valence-corrected chi connectivity index (χ3v) is 3.90. The standard InChI is InChI=1S/C19H24FNO/c1-15(2)21(14-16-6-4-3-5-7-16)13-12-19(22)17-8-10-18(20)11-9-17/h3-11,15,19,22H,12-14H2,1-2H3. The molecular weight excluding hydrogens is 277 g/mol. The van der Waals surface area contributed by atoms with Crippen molar-refractivity contribution in [3.63, 3.8) is 0 Å². The molecule has 2 aromatic carbocycles. The highest BCUT2D eigenvalue weighted by Crippen LogP contribution is 2.19. The van der Waals surface area contributed by atoms with Gasteiger partial charge in [0.2, 0.25) is 0 Å². The molecule has 2 nitrogen and oxygen atoms in total. The van der Waals surface area contributed by atoms with Crippen LogP contribution >= 0.6 is 0 Å². The molecule has 0 aromatic heterocycles. The second-order valence-corrected chi connectivity index (χ2v) is 5.91. The molecule has 0 bridgehead atoms. The summed E-state index contributed by atoms with van der Waals surface area (Å²) in [6.45, 7) is 5.99. The highest BCUT2D eigenvalue weighted by molar-refractivity contribution is 5.18. The smallest absolute Gasteiger partial charge is 0.123 e. The summed E-state index contributed by atoms with van der Waals surface area (Å²) in [5.74, 6) is -0.274. The van der Waals surface area contributed by atoms with Crippen molar-refractivity contribution in [3.05, 3.63) is 71.5 Å². The Bertz CT molecular complexity index is 553. The highest BCUT2D eigenvalue weighted by atomic mass is 19.1. The van der Waals surface area contributed by atoms with Gasteiger partial charge in [0.05, 0.1) is 6.10 Å². The normalized spacial score (nSPS) is 12.8. The van der Waals surface area contributed by atoms with E-state index in [2.05, 4.69) is 30.9 Å². The molecule has 0 fully saturated rings. The van der Waals surface area contributed by atoms with Crippen LogP contribution in [-0.2, 0) is 6.54 Å². The largest absolute Gasteiger partial charge is 0.388 e. The first kappa shape index (κ1) is 16.7. The van der Waals surface area contributed by atoms with E-state index in [4.69, 9.17) is 0 Å². The van der Waals surface area contributed by atoms with Crippen LogP contribution in [0.5, 0.6) is 0 Å². The molecule has 118 valence electrons. The van der Waals surface area contributed by atoms with Gasteiger partial charge < -0.3 is 5.11 Å². The van der Waals surface area contributed by atoms with Crippen molar-refractivity contribution < 1.29 is 9.50 Å². The van der Waals surface area contributed by atoms with Crippen molar-refractivity contribution in [1.29, 1.82) is 0 Å². The van der Waals surface area contributed by atoms with Crippen molar-refractivity contribution in [2.45, 2.75) is 39.0 Å². The zero-order valence-corrected chi connectivity index (χ0v) is 13.2. The SMILES string of the molecule is CC(C)N(CCC(O)c1ccc(F)cc1)Cc1ccccc1. The molecule has 0 spiro atoms. The molecule has 0 radical (unpaired) electrons. The summed E-state index contributed by atoms with van der Waals surface area (Å²) in [4.78, 5) is 2.34. The van der Waals surface area contributed by atoms with Gasteiger partial charge in [-0.2, -0.15) is 0 Å². The maximum Gasteiger partial charge on any atom is 0.123 e. The molecule has 1 unspecified atom stereocenters. The Kier molecular flexibility index (Phi) is 6.10. The molecule has 1 N–H and O–H groups in total. The Balaban J connectivity index is 1.92. The predicted octanol–water partition coefficient (Wildman–Crippen LogP) is 4.16. The molecule has 22 heavy (non-hydrogen) atoms. The first-order valence-electron chi connectivity index (χ1n) is 7.78. The zero-order valence-electron chi connectivity index (χ0n) is 13.2. The van der Waals surface area contributed by atoms with Crippen molar-refractivity contribution in [2.75, 3.05) is 6.54 Å². The third-order valence-electron chi connectivity index (χ3n) is 3.90. The Labute approximate surface area is 132 Å². The van der Waals surface area contributed by atoms with Gasteiger partial charge in [-0.1, -0.05) is 42.5 Å². The van der Waals surface area contributed by atoms with Crippen LogP contribution in [0.4, 0.5) is 4.39 Å². The number of nitrogens with zero attached hydrogens (tertiary/aromatic N) is 1. The first-order valence-corrected chi connectivity index (χ1v) is 7.78. The summed E-state index contributed by atoms with van der Waals surface area (Å²) in [7, 11) is 0. The predicted molar refractivity (Wildman–Crippen MR) is 88.0 cm³/mol. The minimum atomic E-state index is -0.558. The van der Waals surface area contributed by atoms with Gasteiger partial charge in [0.25, 0.3) is 0 Å². The lowest BCUT2D eigenvalue weighted by Gasteiger charge is -2.27. The van der Waals surface area contributed by atoms with Crippen LogP contribution in [-0.4, -0.2) is 22.6 Å². The molecule has 0 amide bonds. The number of aliphatic hydroxyl groups is 1. The second-order valence-electron chi connectivity index (χ2n) is 5.91. The fraction of sp³-hybridized carbons (Fsp3) is 0.368. The molecule has 0 aliphatic rings.